The standard InChI is InChI=1S/C29H31FN4O6/c1-4-29(38)18-9-22-26-16(11-34(22)27(36)17(18)12-40-28(29)37)25-21(33(3)23(35)13-39-8-7-31)6-5-15-14(2)19(30)10-20(32-26)24(15)25/h9-10,21,38H,4-8,11-13,31H2,1-3H3/t21-,29-/m0/s1. The summed E-state index contributed by atoms with van der Waals surface area (Å²) in [5.74, 6) is -1.39. The Balaban J connectivity index is 1.58. The lowest BCUT2D eigenvalue weighted by Crippen LogP contribution is -2.44. The zero-order valence-corrected chi connectivity index (χ0v) is 22.7. The number of hydrogen-bond donors (Lipinski definition) is 2. The van der Waals surface area contributed by atoms with Crippen LogP contribution in [0.1, 0.15) is 59.2 Å². The van der Waals surface area contributed by atoms with E-state index in [1.54, 1.807) is 36.4 Å². The number of benzene rings is 1. The number of nitrogens with zero attached hydrogens (tertiary/aromatic N) is 3. The van der Waals surface area contributed by atoms with E-state index in [2.05, 4.69) is 0 Å². The van der Waals surface area contributed by atoms with Crippen molar-refractivity contribution in [3.63, 3.8) is 0 Å². The van der Waals surface area contributed by atoms with E-state index in [4.69, 9.17) is 20.2 Å². The van der Waals surface area contributed by atoms with Crippen molar-refractivity contribution in [1.82, 2.24) is 14.5 Å². The van der Waals surface area contributed by atoms with Crippen molar-refractivity contribution < 1.29 is 28.6 Å². The number of aromatic nitrogens is 2. The normalized spacial score (nSPS) is 20.6. The van der Waals surface area contributed by atoms with Gasteiger partial charge in [0, 0.05) is 36.2 Å². The third kappa shape index (κ3) is 3.64. The first-order valence-corrected chi connectivity index (χ1v) is 13.5. The van der Waals surface area contributed by atoms with Crippen LogP contribution in [0.4, 0.5) is 4.39 Å². The minimum atomic E-state index is -1.95. The van der Waals surface area contributed by atoms with E-state index in [9.17, 15) is 19.5 Å². The van der Waals surface area contributed by atoms with Crippen LogP contribution in [0, 0.1) is 12.7 Å². The Morgan fingerprint density at radius 2 is 2.10 bits per heavy atom. The number of likely N-dealkylation sites (N-methyl/N-ethyl adjacent to an activating group) is 1. The van der Waals surface area contributed by atoms with E-state index in [1.165, 1.54) is 6.07 Å². The van der Waals surface area contributed by atoms with Gasteiger partial charge in [-0.2, -0.15) is 0 Å². The monoisotopic (exact) mass is 550 g/mol. The molecule has 1 aromatic carbocycles. The predicted octanol–water partition coefficient (Wildman–Crippen LogP) is 1.95. The highest BCUT2D eigenvalue weighted by molar-refractivity contribution is 5.94. The lowest BCUT2D eigenvalue weighted by Gasteiger charge is -2.35. The van der Waals surface area contributed by atoms with Crippen LogP contribution in [0.15, 0.2) is 16.9 Å². The molecule has 3 aliphatic rings. The molecule has 1 amide bonds. The third-order valence-corrected chi connectivity index (χ3v) is 8.70. The van der Waals surface area contributed by atoms with Crippen LogP contribution < -0.4 is 11.3 Å². The van der Waals surface area contributed by atoms with Crippen molar-refractivity contribution in [2.75, 3.05) is 26.8 Å². The third-order valence-electron chi connectivity index (χ3n) is 8.70. The minimum Gasteiger partial charge on any atom is -0.458 e. The van der Waals surface area contributed by atoms with Gasteiger partial charge in [-0.15, -0.1) is 0 Å². The number of carbonyl (C=O) groups is 2. The van der Waals surface area contributed by atoms with Gasteiger partial charge >= 0.3 is 5.97 Å². The fraction of sp³-hybridized carbons (Fsp3) is 0.448. The zero-order chi connectivity index (χ0) is 28.5. The van der Waals surface area contributed by atoms with Gasteiger partial charge < -0.3 is 29.8 Å². The molecule has 10 nitrogen and oxygen atoms in total. The molecular formula is C29H31FN4O6. The van der Waals surface area contributed by atoms with Gasteiger partial charge in [-0.05, 0) is 48.9 Å². The van der Waals surface area contributed by atoms with Crippen molar-refractivity contribution in [2.24, 2.45) is 5.73 Å². The van der Waals surface area contributed by atoms with Gasteiger partial charge in [-0.25, -0.2) is 14.2 Å². The molecule has 0 bridgehead atoms. The number of cyclic esters (lactones) is 1. The molecule has 3 N–H and O–H groups in total. The van der Waals surface area contributed by atoms with E-state index >= 15 is 4.39 Å². The SMILES string of the molecule is CC[C@@]1(O)C(=O)OCc2c1cc1n(c2=O)Cc2c-1nc1cc(F)c(C)c3c1c2[C@@H](N(C)C(=O)COCCN)CC3. The van der Waals surface area contributed by atoms with Crippen molar-refractivity contribution in [3.05, 3.63) is 61.7 Å². The van der Waals surface area contributed by atoms with Gasteiger partial charge in [0.25, 0.3) is 5.56 Å². The summed E-state index contributed by atoms with van der Waals surface area (Å²) in [7, 11) is 1.72. The number of carbonyl (C=O) groups excluding carboxylic acids is 2. The molecule has 40 heavy (non-hydrogen) atoms. The summed E-state index contributed by atoms with van der Waals surface area (Å²) in [6, 6.07) is 2.67. The Labute approximate surface area is 229 Å². The lowest BCUT2D eigenvalue weighted by atomic mass is 9.81. The first-order chi connectivity index (χ1) is 19.1. The summed E-state index contributed by atoms with van der Waals surface area (Å²) in [5.41, 5.74) is 7.93. The lowest BCUT2D eigenvalue weighted by molar-refractivity contribution is -0.172. The van der Waals surface area contributed by atoms with E-state index in [0.29, 0.717) is 41.9 Å². The zero-order valence-electron chi connectivity index (χ0n) is 22.7. The molecule has 3 aromatic rings. The fourth-order valence-corrected chi connectivity index (χ4v) is 6.44. The number of aryl methyl sites for hydroxylation is 1. The highest BCUT2D eigenvalue weighted by Gasteiger charge is 2.46. The number of halogens is 1. The molecule has 2 aliphatic heterocycles. The van der Waals surface area contributed by atoms with Crippen molar-refractivity contribution >= 4 is 22.8 Å². The number of nitrogens with two attached hydrogens (primary N) is 1. The maximum absolute atomic E-state index is 15.1. The van der Waals surface area contributed by atoms with Gasteiger partial charge in [-0.1, -0.05) is 6.92 Å². The van der Waals surface area contributed by atoms with Crippen molar-refractivity contribution in [3.8, 4) is 11.4 Å². The van der Waals surface area contributed by atoms with Crippen molar-refractivity contribution in [1.29, 1.82) is 0 Å². The number of fused-ring (bicyclic) bond motifs is 5. The number of amides is 1. The predicted molar refractivity (Wildman–Crippen MR) is 143 cm³/mol. The van der Waals surface area contributed by atoms with E-state index in [0.717, 1.165) is 22.1 Å². The van der Waals surface area contributed by atoms with E-state index < -0.39 is 11.6 Å². The number of ether oxygens (including phenoxy) is 2. The summed E-state index contributed by atoms with van der Waals surface area (Å²) < 4.78 is 27.2. The molecule has 2 aromatic heterocycles. The van der Waals surface area contributed by atoms with Gasteiger partial charge in [0.05, 0.1) is 41.7 Å². The number of hydrogen-bond acceptors (Lipinski definition) is 8. The van der Waals surface area contributed by atoms with Crippen molar-refractivity contribution in [2.45, 2.75) is 57.9 Å². The van der Waals surface area contributed by atoms with Gasteiger partial charge in [0.15, 0.2) is 5.60 Å². The molecule has 0 spiro atoms. The topological polar surface area (TPSA) is 137 Å². The summed E-state index contributed by atoms with van der Waals surface area (Å²) in [6.45, 7) is 3.79. The molecule has 11 heteroatoms. The maximum atomic E-state index is 15.1. The van der Waals surface area contributed by atoms with Crippen LogP contribution in [0.2, 0.25) is 0 Å². The van der Waals surface area contributed by atoms with Crippen LogP contribution in [0.3, 0.4) is 0 Å². The molecule has 4 heterocycles. The summed E-state index contributed by atoms with van der Waals surface area (Å²) in [6.07, 6.45) is 1.14. The highest BCUT2D eigenvalue weighted by Crippen LogP contribution is 2.47. The number of pyridine rings is 2. The molecule has 0 radical (unpaired) electrons. The second-order valence-corrected chi connectivity index (χ2v) is 10.7. The second kappa shape index (κ2) is 9.46. The molecular weight excluding hydrogens is 519 g/mol. The Morgan fingerprint density at radius 1 is 1.32 bits per heavy atom. The average molecular weight is 551 g/mol. The fourth-order valence-electron chi connectivity index (χ4n) is 6.44. The smallest absolute Gasteiger partial charge is 0.343 e. The molecule has 0 saturated heterocycles. The number of aliphatic hydroxyl groups is 1. The first-order valence-electron chi connectivity index (χ1n) is 13.5. The number of esters is 1. The molecule has 210 valence electrons. The summed E-state index contributed by atoms with van der Waals surface area (Å²) >= 11 is 0. The van der Waals surface area contributed by atoms with Crippen LogP contribution in [-0.4, -0.2) is 58.2 Å². The largest absolute Gasteiger partial charge is 0.458 e. The van der Waals surface area contributed by atoms with Gasteiger partial charge in [-0.3, -0.25) is 9.59 Å². The van der Waals surface area contributed by atoms with Gasteiger partial charge in [0.1, 0.15) is 19.0 Å². The molecule has 6 rings (SSSR count). The molecule has 0 unspecified atom stereocenters. The first kappa shape index (κ1) is 26.5. The molecule has 0 saturated carbocycles. The summed E-state index contributed by atoms with van der Waals surface area (Å²) in [5, 5.41) is 12.0. The quantitative estimate of drug-likeness (QED) is 0.275. The summed E-state index contributed by atoms with van der Waals surface area (Å²) in [4.78, 5) is 45.9. The van der Waals surface area contributed by atoms with Crippen LogP contribution in [0.5, 0.6) is 0 Å². The average Bonchev–Trinajstić information content (AvgIpc) is 3.32. The van der Waals surface area contributed by atoms with Gasteiger partial charge in [0.2, 0.25) is 5.91 Å². The molecule has 2 atom stereocenters. The van der Waals surface area contributed by atoms with Crippen LogP contribution in [0.25, 0.3) is 22.3 Å². The Hall–Kier alpha value is -3.67. The van der Waals surface area contributed by atoms with E-state index in [1.807, 2.05) is 0 Å². The Bertz CT molecular complexity index is 1670. The van der Waals surface area contributed by atoms with E-state index in [-0.39, 0.29) is 67.2 Å². The molecule has 0 fully saturated rings. The number of rotatable bonds is 6. The van der Waals surface area contributed by atoms with Crippen LogP contribution in [-0.2, 0) is 44.2 Å². The Kier molecular flexibility index (Phi) is 6.28. The Morgan fingerprint density at radius 3 is 2.83 bits per heavy atom. The van der Waals surface area contributed by atoms with Crippen LogP contribution >= 0.6 is 0 Å². The maximum Gasteiger partial charge on any atom is 0.343 e. The minimum absolute atomic E-state index is 0.0278. The molecule has 1 aliphatic carbocycles. The second-order valence-electron chi connectivity index (χ2n) is 10.7. The highest BCUT2D eigenvalue weighted by atomic mass is 19.1.